The summed E-state index contributed by atoms with van der Waals surface area (Å²) in [6, 6.07) is 3.35. The van der Waals surface area contributed by atoms with Crippen molar-refractivity contribution < 1.29 is 22.4 Å². The summed E-state index contributed by atoms with van der Waals surface area (Å²) in [5, 5.41) is 0.229. The highest BCUT2D eigenvalue weighted by Gasteiger charge is 2.33. The number of carbonyl (C=O) groups excluding carboxylic acids is 1. The third-order valence-corrected chi connectivity index (χ3v) is 3.42. The summed E-state index contributed by atoms with van der Waals surface area (Å²) in [5.41, 5.74) is 0.0622. The fourth-order valence-corrected chi connectivity index (χ4v) is 2.54. The van der Waals surface area contributed by atoms with Gasteiger partial charge in [-0.3, -0.25) is 4.79 Å². The van der Waals surface area contributed by atoms with Crippen molar-refractivity contribution in [2.45, 2.75) is 6.18 Å². The van der Waals surface area contributed by atoms with Crippen LogP contribution in [0.15, 0.2) is 18.2 Å². The van der Waals surface area contributed by atoms with Crippen LogP contribution in [0.4, 0.5) is 17.6 Å². The largest absolute Gasteiger partial charge is 0.406 e. The number of hydrogen-bond donors (Lipinski definition) is 0. The van der Waals surface area contributed by atoms with E-state index in [0.717, 1.165) is 12.1 Å². The van der Waals surface area contributed by atoms with E-state index in [2.05, 4.69) is 15.9 Å². The zero-order chi connectivity index (χ0) is 14.6. The lowest BCUT2D eigenvalue weighted by Gasteiger charge is -2.23. The fraction of sp³-hybridized carbons (Fsp3) is 0.364. The van der Waals surface area contributed by atoms with E-state index >= 15 is 0 Å². The maximum Gasteiger partial charge on any atom is 0.406 e. The highest BCUT2D eigenvalue weighted by molar-refractivity contribution is 14.1. The molecule has 106 valence electrons. The Morgan fingerprint density at radius 2 is 2.00 bits per heavy atom. The topological polar surface area (TPSA) is 20.3 Å². The Hall–Kier alpha value is -0.380. The Balaban J connectivity index is 2.99. The molecule has 0 radical (unpaired) electrons. The first-order valence-electron chi connectivity index (χ1n) is 5.11. The number of carbonyl (C=O) groups is 1. The van der Waals surface area contributed by atoms with E-state index in [0.29, 0.717) is 4.90 Å². The lowest BCUT2D eigenvalue weighted by atomic mass is 10.2. The standard InChI is InChI=1S/C11H9BrF4INO/c12-3-4-18(6-11(14,15)16)10(19)8-2-1-7(13)5-9(8)17/h1-2,5H,3-4,6H2. The van der Waals surface area contributed by atoms with Crippen molar-refractivity contribution in [3.8, 4) is 0 Å². The normalized spacial score (nSPS) is 11.5. The van der Waals surface area contributed by atoms with Gasteiger partial charge >= 0.3 is 6.18 Å². The Labute approximate surface area is 129 Å². The van der Waals surface area contributed by atoms with Gasteiger partial charge in [0.25, 0.3) is 5.91 Å². The molecule has 0 aliphatic rings. The van der Waals surface area contributed by atoms with Gasteiger partial charge in [0.1, 0.15) is 12.4 Å². The van der Waals surface area contributed by atoms with Gasteiger partial charge in [0, 0.05) is 15.4 Å². The first-order valence-corrected chi connectivity index (χ1v) is 7.31. The molecule has 0 saturated heterocycles. The zero-order valence-electron chi connectivity index (χ0n) is 9.48. The van der Waals surface area contributed by atoms with E-state index in [9.17, 15) is 22.4 Å². The molecule has 0 aliphatic carbocycles. The summed E-state index contributed by atoms with van der Waals surface area (Å²) in [7, 11) is 0. The molecular formula is C11H9BrF4INO. The van der Waals surface area contributed by atoms with Crippen LogP contribution in [0.25, 0.3) is 0 Å². The number of amides is 1. The van der Waals surface area contributed by atoms with Crippen molar-refractivity contribution in [3.05, 3.63) is 33.1 Å². The first-order chi connectivity index (χ1) is 8.74. The number of hydrogen-bond acceptors (Lipinski definition) is 1. The number of alkyl halides is 4. The fourth-order valence-electron chi connectivity index (χ4n) is 1.40. The quantitative estimate of drug-likeness (QED) is 0.385. The second kappa shape index (κ2) is 6.87. The predicted molar refractivity (Wildman–Crippen MR) is 74.9 cm³/mol. The number of rotatable bonds is 4. The van der Waals surface area contributed by atoms with Gasteiger partial charge in [0.05, 0.1) is 5.56 Å². The molecule has 1 aromatic rings. The van der Waals surface area contributed by atoms with Crippen LogP contribution in [-0.4, -0.2) is 35.4 Å². The van der Waals surface area contributed by atoms with Crippen molar-refractivity contribution in [1.29, 1.82) is 0 Å². The zero-order valence-corrected chi connectivity index (χ0v) is 13.2. The molecule has 19 heavy (non-hydrogen) atoms. The van der Waals surface area contributed by atoms with Gasteiger partial charge in [-0.1, -0.05) is 15.9 Å². The molecular weight excluding hydrogens is 445 g/mol. The molecule has 0 fully saturated rings. The maximum absolute atomic E-state index is 12.9. The van der Waals surface area contributed by atoms with E-state index in [1.54, 1.807) is 22.6 Å². The third-order valence-electron chi connectivity index (χ3n) is 2.17. The van der Waals surface area contributed by atoms with Crippen LogP contribution < -0.4 is 0 Å². The Bertz CT molecular complexity index is 466. The summed E-state index contributed by atoms with van der Waals surface area (Å²) in [6.45, 7) is -1.41. The minimum Gasteiger partial charge on any atom is -0.329 e. The summed E-state index contributed by atoms with van der Waals surface area (Å²) in [4.78, 5) is 12.7. The molecule has 0 bridgehead atoms. The summed E-state index contributed by atoms with van der Waals surface area (Å²) < 4.78 is 50.4. The van der Waals surface area contributed by atoms with Crippen molar-refractivity contribution in [2.24, 2.45) is 0 Å². The van der Waals surface area contributed by atoms with E-state index in [1.165, 1.54) is 6.07 Å². The van der Waals surface area contributed by atoms with Crippen LogP contribution in [-0.2, 0) is 0 Å². The molecule has 0 aliphatic heterocycles. The SMILES string of the molecule is O=C(c1ccc(F)cc1I)N(CCBr)CC(F)(F)F. The van der Waals surface area contributed by atoms with E-state index in [1.807, 2.05) is 0 Å². The van der Waals surface area contributed by atoms with Gasteiger partial charge in [-0.2, -0.15) is 13.2 Å². The second-order valence-corrected chi connectivity index (χ2v) is 5.61. The van der Waals surface area contributed by atoms with Crippen LogP contribution >= 0.6 is 38.5 Å². The van der Waals surface area contributed by atoms with Crippen molar-refractivity contribution in [3.63, 3.8) is 0 Å². The highest BCUT2D eigenvalue weighted by atomic mass is 127. The van der Waals surface area contributed by atoms with Crippen LogP contribution in [0.3, 0.4) is 0 Å². The van der Waals surface area contributed by atoms with Gasteiger partial charge < -0.3 is 4.90 Å². The lowest BCUT2D eigenvalue weighted by Crippen LogP contribution is -2.40. The molecule has 0 spiro atoms. The Morgan fingerprint density at radius 3 is 2.47 bits per heavy atom. The van der Waals surface area contributed by atoms with Crippen LogP contribution in [0.5, 0.6) is 0 Å². The molecule has 1 amide bonds. The second-order valence-electron chi connectivity index (χ2n) is 3.66. The minimum atomic E-state index is -4.47. The van der Waals surface area contributed by atoms with Gasteiger partial charge in [-0.25, -0.2) is 4.39 Å². The molecule has 0 N–H and O–H groups in total. The summed E-state index contributed by atoms with van der Waals surface area (Å²) in [5.74, 6) is -1.30. The first kappa shape index (κ1) is 16.7. The maximum atomic E-state index is 12.9. The molecule has 0 aromatic heterocycles. The van der Waals surface area contributed by atoms with Gasteiger partial charge in [0.15, 0.2) is 0 Å². The van der Waals surface area contributed by atoms with Gasteiger partial charge in [0.2, 0.25) is 0 Å². The molecule has 0 atom stereocenters. The summed E-state index contributed by atoms with van der Waals surface area (Å²) >= 11 is 4.73. The van der Waals surface area contributed by atoms with E-state index in [4.69, 9.17) is 0 Å². The average molecular weight is 454 g/mol. The van der Waals surface area contributed by atoms with Crippen LogP contribution in [0, 0.1) is 9.39 Å². The predicted octanol–water partition coefficient (Wildman–Crippen LogP) is 3.83. The molecule has 0 heterocycles. The van der Waals surface area contributed by atoms with Gasteiger partial charge in [-0.05, 0) is 40.8 Å². The average Bonchev–Trinajstić information content (AvgIpc) is 2.26. The van der Waals surface area contributed by atoms with E-state index in [-0.39, 0.29) is 21.0 Å². The highest BCUT2D eigenvalue weighted by Crippen LogP contribution is 2.21. The number of benzene rings is 1. The molecule has 0 unspecified atom stereocenters. The molecule has 8 heteroatoms. The Morgan fingerprint density at radius 1 is 1.37 bits per heavy atom. The van der Waals surface area contributed by atoms with Crippen LogP contribution in [0.1, 0.15) is 10.4 Å². The molecule has 0 saturated carbocycles. The lowest BCUT2D eigenvalue weighted by molar-refractivity contribution is -0.140. The number of halogens is 6. The monoisotopic (exact) mass is 453 g/mol. The smallest absolute Gasteiger partial charge is 0.329 e. The third kappa shape index (κ3) is 5.25. The van der Waals surface area contributed by atoms with Gasteiger partial charge in [-0.15, -0.1) is 0 Å². The summed E-state index contributed by atoms with van der Waals surface area (Å²) in [6.07, 6.45) is -4.47. The van der Waals surface area contributed by atoms with Crippen LogP contribution in [0.2, 0.25) is 0 Å². The number of nitrogens with zero attached hydrogens (tertiary/aromatic N) is 1. The molecule has 1 aromatic carbocycles. The minimum absolute atomic E-state index is 0.0622. The Kier molecular flexibility index (Phi) is 6.03. The molecule has 2 nitrogen and oxygen atoms in total. The van der Waals surface area contributed by atoms with Crippen molar-refractivity contribution in [1.82, 2.24) is 4.90 Å². The molecule has 1 rings (SSSR count). The van der Waals surface area contributed by atoms with Crippen molar-refractivity contribution >= 4 is 44.4 Å². The van der Waals surface area contributed by atoms with Crippen molar-refractivity contribution in [2.75, 3.05) is 18.4 Å². The van der Waals surface area contributed by atoms with E-state index < -0.39 is 24.4 Å².